The molecule has 0 radical (unpaired) electrons. The Morgan fingerprint density at radius 1 is 1.00 bits per heavy atom. The van der Waals surface area contributed by atoms with Crippen molar-refractivity contribution in [1.82, 2.24) is 20.2 Å². The fourth-order valence-corrected chi connectivity index (χ4v) is 1.88. The molecule has 0 atom stereocenters. The summed E-state index contributed by atoms with van der Waals surface area (Å²) in [6.07, 6.45) is 3.96. The van der Waals surface area contributed by atoms with Crippen molar-refractivity contribution in [2.75, 3.05) is 0 Å². The first-order valence-corrected chi connectivity index (χ1v) is 6.56. The zero-order chi connectivity index (χ0) is 14.5. The largest absolute Gasteiger partial charge is 0.207 e. The number of halogens is 1. The molecule has 0 spiro atoms. The highest BCUT2D eigenvalue weighted by Crippen LogP contribution is 2.13. The van der Waals surface area contributed by atoms with Gasteiger partial charge in [-0.2, -0.15) is 4.80 Å². The maximum Gasteiger partial charge on any atom is 0.204 e. The van der Waals surface area contributed by atoms with Gasteiger partial charge < -0.3 is 0 Å². The third kappa shape index (κ3) is 3.39. The van der Waals surface area contributed by atoms with Crippen molar-refractivity contribution >= 4 is 6.08 Å². The predicted molar refractivity (Wildman–Crippen MR) is 78.7 cm³/mol. The summed E-state index contributed by atoms with van der Waals surface area (Å²) in [4.78, 5) is 1.50. The van der Waals surface area contributed by atoms with Crippen LogP contribution in [0.5, 0.6) is 0 Å². The van der Waals surface area contributed by atoms with Crippen LogP contribution in [0.3, 0.4) is 0 Å². The van der Waals surface area contributed by atoms with Crippen LogP contribution in [0.15, 0.2) is 60.7 Å². The first-order valence-electron chi connectivity index (χ1n) is 6.56. The van der Waals surface area contributed by atoms with Gasteiger partial charge in [0, 0.05) is 5.56 Å². The molecule has 0 aliphatic carbocycles. The Hall–Kier alpha value is -2.82. The van der Waals surface area contributed by atoms with E-state index in [0.717, 1.165) is 11.1 Å². The highest BCUT2D eigenvalue weighted by Gasteiger charge is 2.04. The Morgan fingerprint density at radius 2 is 1.76 bits per heavy atom. The fourth-order valence-electron chi connectivity index (χ4n) is 1.88. The molecule has 104 valence electrons. The summed E-state index contributed by atoms with van der Waals surface area (Å²) >= 11 is 0. The highest BCUT2D eigenvalue weighted by molar-refractivity contribution is 5.53. The molecule has 0 fully saturated rings. The van der Waals surface area contributed by atoms with Gasteiger partial charge in [-0.05, 0) is 35.0 Å². The van der Waals surface area contributed by atoms with Gasteiger partial charge in [0.15, 0.2) is 0 Å². The lowest BCUT2D eigenvalue weighted by atomic mass is 10.2. The van der Waals surface area contributed by atoms with Crippen molar-refractivity contribution in [3.8, 4) is 11.4 Å². The average molecular weight is 280 g/mol. The molecule has 3 rings (SSSR count). The Labute approximate surface area is 121 Å². The van der Waals surface area contributed by atoms with Gasteiger partial charge >= 0.3 is 0 Å². The van der Waals surface area contributed by atoms with Gasteiger partial charge in [0.05, 0.1) is 6.54 Å². The van der Waals surface area contributed by atoms with Crippen molar-refractivity contribution in [3.63, 3.8) is 0 Å². The summed E-state index contributed by atoms with van der Waals surface area (Å²) in [7, 11) is 0. The summed E-state index contributed by atoms with van der Waals surface area (Å²) < 4.78 is 12.9. The van der Waals surface area contributed by atoms with E-state index in [2.05, 4.69) is 15.4 Å². The van der Waals surface area contributed by atoms with E-state index < -0.39 is 0 Å². The number of benzene rings is 2. The Balaban J connectivity index is 1.68. The molecular formula is C16H13FN4. The number of hydrogen-bond donors (Lipinski definition) is 0. The Morgan fingerprint density at radius 3 is 2.52 bits per heavy atom. The lowest BCUT2D eigenvalue weighted by Gasteiger charge is -1.94. The second-order valence-electron chi connectivity index (χ2n) is 4.49. The smallest absolute Gasteiger partial charge is 0.204 e. The summed E-state index contributed by atoms with van der Waals surface area (Å²) in [6.45, 7) is 0.531. The van der Waals surface area contributed by atoms with E-state index in [1.54, 1.807) is 12.1 Å². The van der Waals surface area contributed by atoms with E-state index >= 15 is 0 Å². The molecule has 3 aromatic rings. The van der Waals surface area contributed by atoms with Crippen molar-refractivity contribution in [2.24, 2.45) is 0 Å². The standard InChI is InChI=1S/C16H13FN4/c17-15-10-8-14(9-11-15)16-18-20-21(19-16)12-4-7-13-5-2-1-3-6-13/h1-11H,12H2. The number of nitrogens with zero attached hydrogens (tertiary/aromatic N) is 4. The predicted octanol–water partition coefficient (Wildman–Crippen LogP) is 3.19. The molecule has 2 aromatic carbocycles. The number of aromatic nitrogens is 4. The van der Waals surface area contributed by atoms with Crippen LogP contribution in [0, 0.1) is 5.82 Å². The number of hydrogen-bond acceptors (Lipinski definition) is 3. The van der Waals surface area contributed by atoms with Crippen LogP contribution >= 0.6 is 0 Å². The van der Waals surface area contributed by atoms with Gasteiger partial charge in [-0.25, -0.2) is 4.39 Å². The lowest BCUT2D eigenvalue weighted by Crippen LogP contribution is -1.99. The van der Waals surface area contributed by atoms with Crippen LogP contribution in [-0.2, 0) is 6.54 Å². The van der Waals surface area contributed by atoms with Gasteiger partial charge in [0.25, 0.3) is 0 Å². The van der Waals surface area contributed by atoms with E-state index in [9.17, 15) is 4.39 Å². The van der Waals surface area contributed by atoms with Crippen LogP contribution in [0.1, 0.15) is 5.56 Å². The monoisotopic (exact) mass is 280 g/mol. The van der Waals surface area contributed by atoms with Crippen molar-refractivity contribution in [1.29, 1.82) is 0 Å². The maximum absolute atomic E-state index is 12.9. The lowest BCUT2D eigenvalue weighted by molar-refractivity contribution is 0.583. The summed E-state index contributed by atoms with van der Waals surface area (Å²) in [5, 5.41) is 12.2. The second kappa shape index (κ2) is 6.09. The quantitative estimate of drug-likeness (QED) is 0.737. The molecule has 0 amide bonds. The minimum atomic E-state index is -0.281. The van der Waals surface area contributed by atoms with Gasteiger partial charge in [0.1, 0.15) is 5.82 Å². The topological polar surface area (TPSA) is 43.6 Å². The summed E-state index contributed by atoms with van der Waals surface area (Å²) in [5.41, 5.74) is 1.87. The molecule has 1 aromatic heterocycles. The van der Waals surface area contributed by atoms with Crippen LogP contribution < -0.4 is 0 Å². The molecule has 21 heavy (non-hydrogen) atoms. The first kappa shape index (κ1) is 13.2. The van der Waals surface area contributed by atoms with Crippen molar-refractivity contribution < 1.29 is 4.39 Å². The van der Waals surface area contributed by atoms with E-state index in [4.69, 9.17) is 0 Å². The third-order valence-corrected chi connectivity index (χ3v) is 2.93. The SMILES string of the molecule is Fc1ccc(-c2nnn(CC=Cc3ccccc3)n2)cc1. The fraction of sp³-hybridized carbons (Fsp3) is 0.0625. The molecule has 5 heteroatoms. The van der Waals surface area contributed by atoms with Crippen LogP contribution in [-0.4, -0.2) is 20.2 Å². The molecule has 0 saturated carbocycles. The second-order valence-corrected chi connectivity index (χ2v) is 4.49. The van der Waals surface area contributed by atoms with Gasteiger partial charge in [0.2, 0.25) is 5.82 Å². The minimum absolute atomic E-state index is 0.281. The zero-order valence-electron chi connectivity index (χ0n) is 11.2. The molecular weight excluding hydrogens is 267 g/mol. The maximum atomic E-state index is 12.9. The van der Waals surface area contributed by atoms with Gasteiger partial charge in [-0.3, -0.25) is 0 Å². The van der Waals surface area contributed by atoms with Crippen LogP contribution in [0.2, 0.25) is 0 Å². The zero-order valence-corrected chi connectivity index (χ0v) is 11.2. The number of rotatable bonds is 4. The van der Waals surface area contributed by atoms with E-state index in [1.165, 1.54) is 16.9 Å². The van der Waals surface area contributed by atoms with Gasteiger partial charge in [-0.1, -0.05) is 42.5 Å². The molecule has 0 aliphatic heterocycles. The van der Waals surface area contributed by atoms with Crippen LogP contribution in [0.4, 0.5) is 4.39 Å². The summed E-state index contributed by atoms with van der Waals surface area (Å²) in [6, 6.07) is 16.0. The molecule has 4 nitrogen and oxygen atoms in total. The third-order valence-electron chi connectivity index (χ3n) is 2.93. The first-order chi connectivity index (χ1) is 10.3. The normalized spacial score (nSPS) is 11.1. The highest BCUT2D eigenvalue weighted by atomic mass is 19.1. The molecule has 0 N–H and O–H groups in total. The number of tetrazole rings is 1. The summed E-state index contributed by atoms with van der Waals surface area (Å²) in [5.74, 6) is 0.208. The molecule has 0 aliphatic rings. The average Bonchev–Trinajstić information content (AvgIpc) is 2.98. The van der Waals surface area contributed by atoms with E-state index in [0.29, 0.717) is 12.4 Å². The van der Waals surface area contributed by atoms with E-state index in [1.807, 2.05) is 42.5 Å². The van der Waals surface area contributed by atoms with Crippen molar-refractivity contribution in [3.05, 3.63) is 72.1 Å². The molecule has 1 heterocycles. The Kier molecular flexibility index (Phi) is 3.82. The molecule has 0 bridgehead atoms. The minimum Gasteiger partial charge on any atom is -0.207 e. The van der Waals surface area contributed by atoms with Gasteiger partial charge in [-0.15, -0.1) is 10.2 Å². The number of allylic oxidation sites excluding steroid dienone is 1. The van der Waals surface area contributed by atoms with E-state index in [-0.39, 0.29) is 5.82 Å². The molecule has 0 unspecified atom stereocenters. The van der Waals surface area contributed by atoms with Crippen molar-refractivity contribution in [2.45, 2.75) is 6.54 Å². The molecule has 0 saturated heterocycles. The Bertz CT molecular complexity index is 732. The van der Waals surface area contributed by atoms with Crippen LogP contribution in [0.25, 0.3) is 17.5 Å².